The summed E-state index contributed by atoms with van der Waals surface area (Å²) in [6.07, 6.45) is 10.3. The Hall–Kier alpha value is -5.86. The first-order valence-corrected chi connectivity index (χ1v) is 21.3. The van der Waals surface area contributed by atoms with E-state index < -0.39 is 5.60 Å². The molecule has 1 saturated carbocycles. The molecular weight excluding hydrogens is 757 g/mol. The van der Waals surface area contributed by atoms with Gasteiger partial charge < -0.3 is 25.1 Å². The van der Waals surface area contributed by atoms with E-state index in [1.54, 1.807) is 28.6 Å². The summed E-state index contributed by atoms with van der Waals surface area (Å²) in [5.41, 5.74) is 5.43. The van der Waals surface area contributed by atoms with E-state index in [2.05, 4.69) is 80.3 Å². The van der Waals surface area contributed by atoms with Crippen LogP contribution in [0.15, 0.2) is 84.3 Å². The average molecular weight is 809 g/mol. The van der Waals surface area contributed by atoms with Crippen LogP contribution in [0.2, 0.25) is 0 Å². The third-order valence-electron chi connectivity index (χ3n) is 13.9. The van der Waals surface area contributed by atoms with Crippen LogP contribution in [0.25, 0.3) is 16.9 Å². The predicted octanol–water partition coefficient (Wildman–Crippen LogP) is 5.15. The number of amides is 2. The minimum atomic E-state index is -1.03. The second-order valence-electron chi connectivity index (χ2n) is 17.9. The van der Waals surface area contributed by atoms with Crippen LogP contribution < -0.4 is 26.0 Å². The molecule has 3 aromatic heterocycles. The van der Waals surface area contributed by atoms with Crippen molar-refractivity contribution in [1.82, 2.24) is 34.5 Å². The molecule has 5 aromatic rings. The molecule has 0 bridgehead atoms. The Morgan fingerprint density at radius 1 is 0.917 bits per heavy atom. The van der Waals surface area contributed by atoms with Crippen molar-refractivity contribution in [1.29, 1.82) is 0 Å². The molecule has 3 N–H and O–H groups in total. The van der Waals surface area contributed by atoms with Crippen LogP contribution in [0.3, 0.4) is 0 Å². The van der Waals surface area contributed by atoms with E-state index in [9.17, 15) is 19.5 Å². The maximum Gasteiger partial charge on any atom is 0.278 e. The standard InChI is InChI=1S/C46H52N10O4/c1-4-21-55-43(59)37-26-47-44(51-41(37)56(55)38-15-7-30-17-20-45(2,60)40(30)49-38)48-31-8-12-34(13-9-31)54-27-46(28-54)24-35(25-46)52(3)32-18-22-53(23-19-32)33-10-5-29(6-11-33)36-14-16-39(57)50-42(36)58/h4-13,15,26,32,35-36,60H,1,14,16-25,27-28H2,2-3H3,(H,47,48,51)(H,50,57,58)/t36?,45-/m1/s1. The molecule has 4 fully saturated rings. The Morgan fingerprint density at radius 3 is 2.35 bits per heavy atom. The Balaban J connectivity index is 0.730. The summed E-state index contributed by atoms with van der Waals surface area (Å²) in [5.74, 6) is 0.263. The van der Waals surface area contributed by atoms with Gasteiger partial charge in [0.2, 0.25) is 17.8 Å². The fraction of sp³-hybridized carbons (Fsp3) is 0.435. The normalized spacial score (nSPS) is 22.8. The van der Waals surface area contributed by atoms with Gasteiger partial charge in [-0.2, -0.15) is 4.98 Å². The minimum absolute atomic E-state index is 0.178. The van der Waals surface area contributed by atoms with Gasteiger partial charge in [-0.3, -0.25) is 19.7 Å². The lowest BCUT2D eigenvalue weighted by molar-refractivity contribution is -0.134. The Morgan fingerprint density at radius 2 is 1.63 bits per heavy atom. The van der Waals surface area contributed by atoms with Gasteiger partial charge in [-0.25, -0.2) is 19.3 Å². The molecule has 310 valence electrons. The SMILES string of the molecule is C=CCn1c(=O)c2cnc(Nc3ccc(N4CC5(CC(N(C)C6CCN(c7ccc(C8CCC(=O)NC8=O)cc7)CC6)C5)C4)cc3)nc2n1-c1ccc2c(n1)[C@](C)(O)CC2. The number of carbonyl (C=O) groups excluding carboxylic acids is 2. The number of pyridine rings is 1. The molecule has 3 saturated heterocycles. The number of anilines is 4. The first kappa shape index (κ1) is 38.3. The molecule has 14 nitrogen and oxygen atoms in total. The monoisotopic (exact) mass is 808 g/mol. The summed E-state index contributed by atoms with van der Waals surface area (Å²) in [6, 6.07) is 21.8. The maximum absolute atomic E-state index is 13.5. The summed E-state index contributed by atoms with van der Waals surface area (Å²) in [5, 5.41) is 17.2. The summed E-state index contributed by atoms with van der Waals surface area (Å²) in [7, 11) is 2.32. The lowest BCUT2D eigenvalue weighted by Crippen LogP contribution is -2.67. The zero-order chi connectivity index (χ0) is 41.3. The van der Waals surface area contributed by atoms with Gasteiger partial charge in [0.15, 0.2) is 11.5 Å². The number of carbonyl (C=O) groups is 2. The van der Waals surface area contributed by atoms with E-state index in [0.717, 1.165) is 62.3 Å². The van der Waals surface area contributed by atoms with Gasteiger partial charge in [-0.05, 0) is 113 Å². The van der Waals surface area contributed by atoms with E-state index in [0.29, 0.717) is 65.3 Å². The predicted molar refractivity (Wildman–Crippen MR) is 231 cm³/mol. The highest BCUT2D eigenvalue weighted by molar-refractivity contribution is 6.01. The molecule has 0 radical (unpaired) electrons. The smallest absolute Gasteiger partial charge is 0.278 e. The molecule has 1 unspecified atom stereocenters. The van der Waals surface area contributed by atoms with E-state index in [1.165, 1.54) is 24.2 Å². The number of nitrogens with zero attached hydrogens (tertiary/aromatic N) is 8. The number of fused-ring (bicyclic) bond motifs is 2. The zero-order valence-electron chi connectivity index (χ0n) is 34.3. The maximum atomic E-state index is 13.5. The molecule has 60 heavy (non-hydrogen) atoms. The van der Waals surface area contributed by atoms with Crippen LogP contribution in [0, 0.1) is 5.41 Å². The van der Waals surface area contributed by atoms with Crippen molar-refractivity contribution in [2.45, 2.75) is 88.4 Å². The first-order valence-electron chi connectivity index (χ1n) is 21.3. The summed E-state index contributed by atoms with van der Waals surface area (Å²) in [6.45, 7) is 10.1. The average Bonchev–Trinajstić information content (AvgIpc) is 3.68. The highest BCUT2D eigenvalue weighted by Crippen LogP contribution is 2.52. The molecule has 5 aliphatic rings. The van der Waals surface area contributed by atoms with Crippen LogP contribution in [0.4, 0.5) is 23.0 Å². The van der Waals surface area contributed by atoms with Gasteiger partial charge in [0.1, 0.15) is 11.0 Å². The third kappa shape index (κ3) is 6.75. The number of aliphatic hydroxyl groups is 1. The van der Waals surface area contributed by atoms with Crippen molar-refractivity contribution >= 4 is 45.9 Å². The van der Waals surface area contributed by atoms with Crippen LogP contribution >= 0.6 is 0 Å². The van der Waals surface area contributed by atoms with Gasteiger partial charge >= 0.3 is 0 Å². The molecule has 10 rings (SSSR count). The largest absolute Gasteiger partial charge is 0.384 e. The molecule has 3 aliphatic heterocycles. The molecule has 2 aromatic carbocycles. The number of nitrogens with one attached hydrogen (secondary N) is 2. The van der Waals surface area contributed by atoms with Crippen LogP contribution in [-0.2, 0) is 28.2 Å². The molecular formula is C46H52N10O4. The van der Waals surface area contributed by atoms with E-state index in [4.69, 9.17) is 9.97 Å². The van der Waals surface area contributed by atoms with E-state index >= 15 is 0 Å². The van der Waals surface area contributed by atoms with Gasteiger partial charge in [-0.15, -0.1) is 6.58 Å². The molecule has 1 spiro atoms. The number of hydrogen-bond acceptors (Lipinski definition) is 11. The number of allylic oxidation sites excluding steroid dienone is 1. The molecule has 2 amide bonds. The molecule has 6 heterocycles. The number of aryl methyl sites for hydroxylation is 1. The van der Waals surface area contributed by atoms with Crippen LogP contribution in [0.5, 0.6) is 0 Å². The zero-order valence-corrected chi connectivity index (χ0v) is 34.3. The van der Waals surface area contributed by atoms with E-state index in [1.807, 2.05) is 24.3 Å². The van der Waals surface area contributed by atoms with Crippen molar-refractivity contribution in [2.24, 2.45) is 5.41 Å². The summed E-state index contributed by atoms with van der Waals surface area (Å²) < 4.78 is 3.25. The van der Waals surface area contributed by atoms with Crippen molar-refractivity contribution < 1.29 is 14.7 Å². The topological polar surface area (TPSA) is 154 Å². The number of imide groups is 1. The Labute approximate surface area is 348 Å². The van der Waals surface area contributed by atoms with Gasteiger partial charge in [0, 0.05) is 73.4 Å². The van der Waals surface area contributed by atoms with Crippen molar-refractivity contribution in [3.05, 3.63) is 107 Å². The van der Waals surface area contributed by atoms with Crippen LogP contribution in [-0.4, -0.2) is 91.4 Å². The number of hydrogen-bond donors (Lipinski definition) is 3. The summed E-state index contributed by atoms with van der Waals surface area (Å²) >= 11 is 0. The second kappa shape index (κ2) is 14.7. The Kier molecular flexibility index (Phi) is 9.39. The Bertz CT molecular complexity index is 2540. The third-order valence-corrected chi connectivity index (χ3v) is 13.9. The fourth-order valence-electron chi connectivity index (χ4n) is 10.4. The van der Waals surface area contributed by atoms with Gasteiger partial charge in [0.25, 0.3) is 5.56 Å². The molecule has 2 atom stereocenters. The lowest BCUT2D eigenvalue weighted by atomic mass is 9.60. The highest BCUT2D eigenvalue weighted by atomic mass is 16.3. The molecule has 2 aliphatic carbocycles. The van der Waals surface area contributed by atoms with Gasteiger partial charge in [-0.1, -0.05) is 24.3 Å². The molecule has 14 heteroatoms. The highest BCUT2D eigenvalue weighted by Gasteiger charge is 2.54. The number of aromatic nitrogens is 5. The number of benzene rings is 2. The van der Waals surface area contributed by atoms with Gasteiger partial charge in [0.05, 0.1) is 18.2 Å². The van der Waals surface area contributed by atoms with Crippen molar-refractivity contribution in [3.63, 3.8) is 0 Å². The first-order chi connectivity index (χ1) is 29.0. The number of rotatable bonds is 10. The lowest BCUT2D eigenvalue weighted by Gasteiger charge is -2.62. The van der Waals surface area contributed by atoms with Crippen molar-refractivity contribution in [3.8, 4) is 5.82 Å². The second-order valence-corrected chi connectivity index (χ2v) is 17.9. The van der Waals surface area contributed by atoms with Crippen LogP contribution in [0.1, 0.15) is 74.6 Å². The minimum Gasteiger partial charge on any atom is -0.384 e. The van der Waals surface area contributed by atoms with E-state index in [-0.39, 0.29) is 29.8 Å². The number of piperidine rings is 2. The fourth-order valence-corrected chi connectivity index (χ4v) is 10.4. The summed E-state index contributed by atoms with van der Waals surface area (Å²) in [4.78, 5) is 59.1. The quantitative estimate of drug-likeness (QED) is 0.127. The van der Waals surface area contributed by atoms with Crippen molar-refractivity contribution in [2.75, 3.05) is 48.3 Å².